The molecule has 0 aliphatic heterocycles. The zero-order chi connectivity index (χ0) is 17.6. The molecule has 0 saturated heterocycles. The minimum atomic E-state index is -1.44. The lowest BCUT2D eigenvalue weighted by atomic mass is 10.1. The number of halogens is 1. The number of benzene rings is 1. The number of furan rings is 1. The minimum Gasteiger partial charge on any atom is -0.460 e. The second kappa shape index (κ2) is 8.35. The highest BCUT2D eigenvalue weighted by atomic mass is 28.3. The maximum absolute atomic E-state index is 13.1. The third-order valence-corrected chi connectivity index (χ3v) is 4.64. The van der Waals surface area contributed by atoms with E-state index in [-0.39, 0.29) is 5.82 Å². The summed E-state index contributed by atoms with van der Waals surface area (Å²) < 4.78 is 19.2. The predicted octanol–water partition coefficient (Wildman–Crippen LogP) is 6.44. The van der Waals surface area contributed by atoms with Crippen molar-refractivity contribution in [2.24, 2.45) is 0 Å². The van der Waals surface area contributed by atoms with Gasteiger partial charge in [0.15, 0.2) is 0 Å². The van der Waals surface area contributed by atoms with Crippen molar-refractivity contribution in [3.05, 3.63) is 47.5 Å². The summed E-state index contributed by atoms with van der Waals surface area (Å²) in [5, 5.41) is 0. The number of rotatable bonds is 6. The number of hydrogen-bond donors (Lipinski definition) is 0. The molecular weight excluding hydrogens is 315 g/mol. The molecule has 0 spiro atoms. The zero-order valence-corrected chi connectivity index (χ0v) is 16.2. The van der Waals surface area contributed by atoms with E-state index in [1.54, 1.807) is 12.1 Å². The van der Waals surface area contributed by atoms with Crippen LogP contribution in [0.3, 0.4) is 0 Å². The van der Waals surface area contributed by atoms with Crippen LogP contribution in [0.15, 0.2) is 34.7 Å². The molecule has 1 heterocycles. The van der Waals surface area contributed by atoms with Gasteiger partial charge in [-0.05, 0) is 30.7 Å². The molecule has 1 aromatic carbocycles. The van der Waals surface area contributed by atoms with E-state index in [1.807, 2.05) is 6.07 Å². The molecule has 0 saturated carbocycles. The smallest absolute Gasteiger partial charge is 0.135 e. The fraction of sp³-hybridized carbons (Fsp3) is 0.429. The second-order valence-electron chi connectivity index (χ2n) is 7.27. The molecule has 0 radical (unpaired) electrons. The maximum Gasteiger partial charge on any atom is 0.135 e. The van der Waals surface area contributed by atoms with Crippen LogP contribution in [0.1, 0.15) is 43.9 Å². The predicted molar refractivity (Wildman–Crippen MR) is 102 cm³/mol. The molecule has 0 bridgehead atoms. The molecule has 0 aliphatic rings. The quantitative estimate of drug-likeness (QED) is 0.334. The van der Waals surface area contributed by atoms with Crippen LogP contribution in [0.5, 0.6) is 0 Å². The summed E-state index contributed by atoms with van der Waals surface area (Å²) in [6, 6.07) is 8.45. The number of unbranched alkanes of at least 4 members (excludes halogenated alkanes) is 3. The minimum absolute atomic E-state index is 0.233. The first kappa shape index (κ1) is 18.5. The Kier molecular flexibility index (Phi) is 6.45. The van der Waals surface area contributed by atoms with Crippen molar-refractivity contribution in [2.75, 3.05) is 0 Å². The average molecular weight is 343 g/mol. The van der Waals surface area contributed by atoms with Gasteiger partial charge in [0.25, 0.3) is 0 Å². The SMILES string of the molecule is CCCCCCc1oc(-c2ccc(F)cc2)cc1C#C[Si](C)(C)C. The van der Waals surface area contributed by atoms with Gasteiger partial charge >= 0.3 is 0 Å². The van der Waals surface area contributed by atoms with E-state index in [0.29, 0.717) is 0 Å². The van der Waals surface area contributed by atoms with E-state index in [0.717, 1.165) is 35.5 Å². The van der Waals surface area contributed by atoms with Gasteiger partial charge in [-0.15, -0.1) is 5.54 Å². The summed E-state index contributed by atoms with van der Waals surface area (Å²) in [6.07, 6.45) is 5.72. The van der Waals surface area contributed by atoms with Gasteiger partial charge in [-0.25, -0.2) is 4.39 Å². The van der Waals surface area contributed by atoms with Gasteiger partial charge in [0.05, 0.1) is 5.56 Å². The molecule has 0 unspecified atom stereocenters. The Morgan fingerprint density at radius 1 is 1.04 bits per heavy atom. The molecule has 1 nitrogen and oxygen atoms in total. The van der Waals surface area contributed by atoms with E-state index in [4.69, 9.17) is 4.42 Å². The van der Waals surface area contributed by atoms with E-state index in [9.17, 15) is 4.39 Å². The summed E-state index contributed by atoms with van der Waals surface area (Å²) in [4.78, 5) is 0. The van der Waals surface area contributed by atoms with Gasteiger partial charge in [-0.3, -0.25) is 0 Å². The Morgan fingerprint density at radius 3 is 2.38 bits per heavy atom. The molecule has 0 N–H and O–H groups in total. The molecule has 0 fully saturated rings. The van der Waals surface area contributed by atoms with Crippen molar-refractivity contribution in [1.29, 1.82) is 0 Å². The van der Waals surface area contributed by atoms with Gasteiger partial charge in [0.1, 0.15) is 25.4 Å². The van der Waals surface area contributed by atoms with Gasteiger partial charge in [0, 0.05) is 18.1 Å². The van der Waals surface area contributed by atoms with Gasteiger partial charge in [-0.2, -0.15) is 0 Å². The Hall–Kier alpha value is -1.79. The Morgan fingerprint density at radius 2 is 1.75 bits per heavy atom. The lowest BCUT2D eigenvalue weighted by Gasteiger charge is -2.03. The Bertz CT molecular complexity index is 711. The molecule has 1 aromatic heterocycles. The molecule has 24 heavy (non-hydrogen) atoms. The van der Waals surface area contributed by atoms with Crippen LogP contribution in [0.25, 0.3) is 11.3 Å². The van der Waals surface area contributed by atoms with Crippen LogP contribution in [0, 0.1) is 17.3 Å². The molecule has 3 heteroatoms. The summed E-state index contributed by atoms with van der Waals surface area (Å²) in [5.41, 5.74) is 5.31. The number of hydrogen-bond acceptors (Lipinski definition) is 1. The summed E-state index contributed by atoms with van der Waals surface area (Å²) in [5.74, 6) is 4.85. The molecule has 2 aromatic rings. The van der Waals surface area contributed by atoms with Gasteiger partial charge in [-0.1, -0.05) is 51.7 Å². The Labute approximate surface area is 146 Å². The van der Waals surface area contributed by atoms with Crippen molar-refractivity contribution >= 4 is 8.07 Å². The molecule has 0 atom stereocenters. The van der Waals surface area contributed by atoms with Gasteiger partial charge in [0.2, 0.25) is 0 Å². The van der Waals surface area contributed by atoms with Crippen LogP contribution >= 0.6 is 0 Å². The summed E-state index contributed by atoms with van der Waals surface area (Å²) in [7, 11) is -1.44. The maximum atomic E-state index is 13.1. The lowest BCUT2D eigenvalue weighted by molar-refractivity contribution is 0.504. The third-order valence-electron chi connectivity index (χ3n) is 3.77. The molecular formula is C21H27FOSi. The van der Waals surface area contributed by atoms with E-state index < -0.39 is 8.07 Å². The Balaban J connectivity index is 2.27. The van der Waals surface area contributed by atoms with E-state index in [2.05, 4.69) is 38.0 Å². The topological polar surface area (TPSA) is 13.1 Å². The van der Waals surface area contributed by atoms with Crippen LogP contribution in [0.4, 0.5) is 4.39 Å². The van der Waals surface area contributed by atoms with Crippen LogP contribution in [-0.4, -0.2) is 8.07 Å². The molecule has 2 rings (SSSR count). The van der Waals surface area contributed by atoms with E-state index in [1.165, 1.54) is 31.4 Å². The van der Waals surface area contributed by atoms with Crippen molar-refractivity contribution in [2.45, 2.75) is 58.7 Å². The van der Waals surface area contributed by atoms with Crippen molar-refractivity contribution in [3.63, 3.8) is 0 Å². The average Bonchev–Trinajstić information content (AvgIpc) is 2.93. The first-order valence-electron chi connectivity index (χ1n) is 8.81. The molecule has 128 valence electrons. The van der Waals surface area contributed by atoms with Crippen molar-refractivity contribution in [1.82, 2.24) is 0 Å². The van der Waals surface area contributed by atoms with Crippen LogP contribution in [-0.2, 0) is 6.42 Å². The van der Waals surface area contributed by atoms with Gasteiger partial charge < -0.3 is 4.42 Å². The van der Waals surface area contributed by atoms with Crippen LogP contribution in [0.2, 0.25) is 19.6 Å². The highest BCUT2D eigenvalue weighted by Crippen LogP contribution is 2.27. The normalized spacial score (nSPS) is 11.2. The third kappa shape index (κ3) is 5.69. The second-order valence-corrected chi connectivity index (χ2v) is 12.0. The number of aryl methyl sites for hydroxylation is 1. The van der Waals surface area contributed by atoms with Crippen molar-refractivity contribution < 1.29 is 8.81 Å². The largest absolute Gasteiger partial charge is 0.460 e. The van der Waals surface area contributed by atoms with E-state index >= 15 is 0 Å². The summed E-state index contributed by atoms with van der Waals surface area (Å²) >= 11 is 0. The van der Waals surface area contributed by atoms with Crippen LogP contribution < -0.4 is 0 Å². The standard InChI is InChI=1S/C21H27FOSi/c1-5-6-7-8-9-20-18(14-15-24(2,3)4)16-21(23-20)17-10-12-19(22)13-11-17/h10-13,16H,5-9H2,1-4H3. The van der Waals surface area contributed by atoms with Crippen molar-refractivity contribution in [3.8, 4) is 22.8 Å². The highest BCUT2D eigenvalue weighted by molar-refractivity contribution is 6.83. The molecule has 0 amide bonds. The highest BCUT2D eigenvalue weighted by Gasteiger charge is 2.13. The lowest BCUT2D eigenvalue weighted by Crippen LogP contribution is -2.16. The molecule has 0 aliphatic carbocycles. The zero-order valence-electron chi connectivity index (χ0n) is 15.2. The summed E-state index contributed by atoms with van der Waals surface area (Å²) in [6.45, 7) is 8.93. The monoisotopic (exact) mass is 342 g/mol. The first-order valence-corrected chi connectivity index (χ1v) is 12.3. The first-order chi connectivity index (χ1) is 11.4. The fourth-order valence-electron chi connectivity index (χ4n) is 2.44. The fourth-order valence-corrected chi connectivity index (χ4v) is 2.95.